The molecule has 0 saturated carbocycles. The molecule has 7 heteroatoms. The first-order valence-corrected chi connectivity index (χ1v) is 6.71. The number of alkyl halides is 3. The maximum absolute atomic E-state index is 12.6. The lowest BCUT2D eigenvalue weighted by Gasteiger charge is -2.22. The maximum Gasteiger partial charge on any atom is 0.416 e. The van der Waals surface area contributed by atoms with Gasteiger partial charge >= 0.3 is 12.1 Å². The second-order valence-corrected chi connectivity index (χ2v) is 4.78. The largest absolute Gasteiger partial charge is 0.478 e. The highest BCUT2D eigenvalue weighted by atomic mass is 19.4. The summed E-state index contributed by atoms with van der Waals surface area (Å²) in [7, 11) is 0. The van der Waals surface area contributed by atoms with Crippen LogP contribution in [0.1, 0.15) is 15.9 Å². The quantitative estimate of drug-likeness (QED) is 0.850. The Kier molecular flexibility index (Phi) is 4.73. The summed E-state index contributed by atoms with van der Waals surface area (Å²) < 4.78 is 37.9. The number of aromatic carboxylic acids is 1. The van der Waals surface area contributed by atoms with Crippen molar-refractivity contribution in [1.29, 1.82) is 0 Å². The molecule has 1 N–H and O–H groups in total. The first kappa shape index (κ1) is 17.3. The molecular formula is C17H12F3NO3. The van der Waals surface area contributed by atoms with Crippen molar-refractivity contribution in [1.82, 2.24) is 0 Å². The molecule has 0 saturated heterocycles. The minimum absolute atomic E-state index is 0.0544. The fraction of sp³-hybridized carbons (Fsp3) is 0.0588. The number of amides is 1. The van der Waals surface area contributed by atoms with Crippen LogP contribution in [0.15, 0.2) is 61.2 Å². The molecule has 0 aliphatic heterocycles. The van der Waals surface area contributed by atoms with E-state index in [2.05, 4.69) is 6.58 Å². The normalized spacial score (nSPS) is 11.0. The summed E-state index contributed by atoms with van der Waals surface area (Å²) in [6, 6.07) is 9.48. The molecule has 0 unspecified atom stereocenters. The van der Waals surface area contributed by atoms with E-state index in [0.29, 0.717) is 0 Å². The number of rotatable bonds is 4. The van der Waals surface area contributed by atoms with Gasteiger partial charge in [0.1, 0.15) is 0 Å². The Balaban J connectivity index is 2.50. The molecule has 4 nitrogen and oxygen atoms in total. The molecule has 24 heavy (non-hydrogen) atoms. The van der Waals surface area contributed by atoms with E-state index in [1.807, 2.05) is 0 Å². The van der Waals surface area contributed by atoms with Crippen molar-refractivity contribution in [2.24, 2.45) is 0 Å². The molecule has 2 aromatic carbocycles. The summed E-state index contributed by atoms with van der Waals surface area (Å²) in [5.74, 6) is -1.78. The molecule has 0 heterocycles. The highest BCUT2D eigenvalue weighted by molar-refractivity contribution is 6.07. The summed E-state index contributed by atoms with van der Waals surface area (Å²) >= 11 is 0. The van der Waals surface area contributed by atoms with Crippen molar-refractivity contribution in [3.05, 3.63) is 72.3 Å². The smallest absolute Gasteiger partial charge is 0.416 e. The maximum atomic E-state index is 12.6. The number of nitrogens with zero attached hydrogens (tertiary/aromatic N) is 1. The first-order valence-electron chi connectivity index (χ1n) is 6.71. The van der Waals surface area contributed by atoms with Gasteiger partial charge in [-0.2, -0.15) is 13.2 Å². The van der Waals surface area contributed by atoms with Crippen LogP contribution < -0.4 is 4.90 Å². The Labute approximate surface area is 135 Å². The Hall–Kier alpha value is -3.09. The van der Waals surface area contributed by atoms with E-state index in [9.17, 15) is 22.8 Å². The van der Waals surface area contributed by atoms with Crippen LogP contribution in [0.3, 0.4) is 0 Å². The Morgan fingerprint density at radius 3 is 2.17 bits per heavy atom. The van der Waals surface area contributed by atoms with E-state index in [0.717, 1.165) is 35.2 Å². The molecule has 0 radical (unpaired) electrons. The van der Waals surface area contributed by atoms with Crippen molar-refractivity contribution in [3.8, 4) is 0 Å². The third kappa shape index (κ3) is 3.62. The van der Waals surface area contributed by atoms with Crippen LogP contribution in [0.2, 0.25) is 0 Å². The van der Waals surface area contributed by atoms with Crippen molar-refractivity contribution in [2.45, 2.75) is 6.18 Å². The van der Waals surface area contributed by atoms with Crippen molar-refractivity contribution < 1.29 is 27.9 Å². The van der Waals surface area contributed by atoms with Gasteiger partial charge in [-0.15, -0.1) is 0 Å². The number of carboxylic acids is 1. The molecule has 2 rings (SSSR count). The molecule has 0 bridgehead atoms. The molecule has 0 atom stereocenters. The van der Waals surface area contributed by atoms with E-state index >= 15 is 0 Å². The Morgan fingerprint density at radius 2 is 1.67 bits per heavy atom. The number of benzene rings is 2. The number of carbonyl (C=O) groups is 2. The van der Waals surface area contributed by atoms with Crippen molar-refractivity contribution >= 4 is 23.3 Å². The predicted molar refractivity (Wildman–Crippen MR) is 82.2 cm³/mol. The van der Waals surface area contributed by atoms with Gasteiger partial charge in [-0.3, -0.25) is 9.69 Å². The number of hydrogen-bond acceptors (Lipinski definition) is 2. The van der Waals surface area contributed by atoms with Crippen LogP contribution >= 0.6 is 0 Å². The molecule has 2 aromatic rings. The monoisotopic (exact) mass is 335 g/mol. The standard InChI is InChI=1S/C17H12F3NO3/c1-2-15(22)21(14-5-3-4-11(10-14)16(23)24)13-8-6-12(7-9-13)17(18,19)20/h2-10H,1H2,(H,23,24). The highest BCUT2D eigenvalue weighted by Crippen LogP contribution is 2.32. The molecule has 0 aromatic heterocycles. The van der Waals surface area contributed by atoms with E-state index in [1.54, 1.807) is 0 Å². The van der Waals surface area contributed by atoms with Crippen molar-refractivity contribution in [2.75, 3.05) is 4.90 Å². The topological polar surface area (TPSA) is 57.6 Å². The van der Waals surface area contributed by atoms with Crippen molar-refractivity contribution in [3.63, 3.8) is 0 Å². The minimum atomic E-state index is -4.49. The third-order valence-electron chi connectivity index (χ3n) is 3.20. The van der Waals surface area contributed by atoms with Gasteiger partial charge < -0.3 is 5.11 Å². The molecule has 1 amide bonds. The number of anilines is 2. The zero-order chi connectivity index (χ0) is 17.9. The van der Waals surface area contributed by atoms with Crippen LogP contribution in [0.4, 0.5) is 24.5 Å². The average Bonchev–Trinajstić information content (AvgIpc) is 2.55. The zero-order valence-electron chi connectivity index (χ0n) is 12.2. The van der Waals surface area contributed by atoms with Gasteiger partial charge in [-0.25, -0.2) is 4.79 Å². The number of hydrogen-bond donors (Lipinski definition) is 1. The van der Waals surface area contributed by atoms with Crippen LogP contribution in [0.5, 0.6) is 0 Å². The first-order chi connectivity index (χ1) is 11.2. The number of halogens is 3. The van der Waals surface area contributed by atoms with E-state index in [1.165, 1.54) is 24.3 Å². The average molecular weight is 335 g/mol. The number of carboxylic acid groups (broad SMARTS) is 1. The fourth-order valence-corrected chi connectivity index (χ4v) is 2.07. The Morgan fingerprint density at radius 1 is 1.04 bits per heavy atom. The molecule has 0 spiro atoms. The third-order valence-corrected chi connectivity index (χ3v) is 3.20. The van der Waals surface area contributed by atoms with E-state index in [4.69, 9.17) is 5.11 Å². The lowest BCUT2D eigenvalue weighted by Crippen LogP contribution is -2.24. The predicted octanol–water partition coefficient (Wildman–Crippen LogP) is 4.25. The van der Waals surface area contributed by atoms with E-state index < -0.39 is 23.6 Å². The van der Waals surface area contributed by atoms with Gasteiger partial charge in [0.2, 0.25) is 0 Å². The minimum Gasteiger partial charge on any atom is -0.478 e. The molecular weight excluding hydrogens is 323 g/mol. The molecule has 0 fully saturated rings. The molecule has 124 valence electrons. The molecule has 0 aliphatic rings. The fourth-order valence-electron chi connectivity index (χ4n) is 2.07. The van der Waals surface area contributed by atoms with Crippen LogP contribution in [0.25, 0.3) is 0 Å². The molecule has 0 aliphatic carbocycles. The lowest BCUT2D eigenvalue weighted by atomic mass is 10.1. The summed E-state index contributed by atoms with van der Waals surface area (Å²) in [6.45, 7) is 3.36. The zero-order valence-corrected chi connectivity index (χ0v) is 12.2. The number of carbonyl (C=O) groups excluding carboxylic acids is 1. The van der Waals surface area contributed by atoms with Gasteiger partial charge in [-0.1, -0.05) is 12.6 Å². The summed E-state index contributed by atoms with van der Waals surface area (Å²) in [6.07, 6.45) is -3.50. The van der Waals surface area contributed by atoms with E-state index in [-0.39, 0.29) is 16.9 Å². The van der Waals surface area contributed by atoms with Crippen LogP contribution in [0, 0.1) is 0 Å². The Bertz CT molecular complexity index is 782. The highest BCUT2D eigenvalue weighted by Gasteiger charge is 2.30. The summed E-state index contributed by atoms with van der Waals surface area (Å²) in [5, 5.41) is 9.03. The van der Waals surface area contributed by atoms with Gasteiger partial charge in [0, 0.05) is 5.69 Å². The SMILES string of the molecule is C=CC(=O)N(c1ccc(C(F)(F)F)cc1)c1cccc(C(=O)O)c1. The summed E-state index contributed by atoms with van der Waals surface area (Å²) in [4.78, 5) is 24.3. The van der Waals surface area contributed by atoms with Gasteiger partial charge in [0.25, 0.3) is 5.91 Å². The lowest BCUT2D eigenvalue weighted by molar-refractivity contribution is -0.137. The summed E-state index contributed by atoms with van der Waals surface area (Å²) in [5.41, 5.74) is -0.534. The second-order valence-electron chi connectivity index (χ2n) is 4.78. The van der Waals surface area contributed by atoms with Crippen LogP contribution in [-0.4, -0.2) is 17.0 Å². The van der Waals surface area contributed by atoms with Gasteiger partial charge in [0.05, 0.1) is 16.8 Å². The van der Waals surface area contributed by atoms with Crippen LogP contribution in [-0.2, 0) is 11.0 Å². The van der Waals surface area contributed by atoms with Gasteiger partial charge in [0.15, 0.2) is 0 Å². The second kappa shape index (κ2) is 6.57. The van der Waals surface area contributed by atoms with Gasteiger partial charge in [-0.05, 0) is 48.5 Å².